The average molecular weight is 481 g/mol. The molecule has 184 valence electrons. The normalized spacial score (nSPS) is 10.4. The van der Waals surface area contributed by atoms with Gasteiger partial charge in [0.25, 0.3) is 5.91 Å². The zero-order chi connectivity index (χ0) is 25.4. The predicted octanol–water partition coefficient (Wildman–Crippen LogP) is 3.79. The highest BCUT2D eigenvalue weighted by atomic mass is 16.5. The van der Waals surface area contributed by atoms with Crippen molar-refractivity contribution in [2.24, 2.45) is 0 Å². The molecule has 2 aromatic carbocycles. The van der Waals surface area contributed by atoms with Crippen molar-refractivity contribution in [3.05, 3.63) is 65.5 Å². The fourth-order valence-electron chi connectivity index (χ4n) is 3.42. The number of para-hydroxylation sites is 1. The zero-order valence-corrected chi connectivity index (χ0v) is 20.1. The molecule has 35 heavy (non-hydrogen) atoms. The topological polar surface area (TPSA) is 121 Å². The Hall–Kier alpha value is -4.34. The summed E-state index contributed by atoms with van der Waals surface area (Å²) in [6.45, 7) is 7.36. The number of hydrogen-bond donors (Lipinski definition) is 2. The number of hydrogen-bond acceptors (Lipinski definition) is 7. The number of aromatic nitrogens is 2. The zero-order valence-electron chi connectivity index (χ0n) is 20.1. The third kappa shape index (κ3) is 6.38. The van der Waals surface area contributed by atoms with Crippen LogP contribution in [0.5, 0.6) is 11.5 Å². The number of carbonyl (C=O) groups is 3. The van der Waals surface area contributed by atoms with Crippen molar-refractivity contribution in [1.82, 2.24) is 15.1 Å². The van der Waals surface area contributed by atoms with Crippen molar-refractivity contribution in [3.63, 3.8) is 0 Å². The van der Waals surface area contributed by atoms with Gasteiger partial charge in [-0.15, -0.1) is 0 Å². The summed E-state index contributed by atoms with van der Waals surface area (Å²) in [5.41, 5.74) is 2.51. The second kappa shape index (κ2) is 11.7. The van der Waals surface area contributed by atoms with Gasteiger partial charge in [0.1, 0.15) is 5.56 Å². The maximum absolute atomic E-state index is 12.6. The van der Waals surface area contributed by atoms with E-state index in [0.717, 1.165) is 5.69 Å². The first-order valence-electron chi connectivity index (χ1n) is 11.1. The highest BCUT2D eigenvalue weighted by molar-refractivity contribution is 6.02. The number of nitrogens with zero attached hydrogens (tertiary/aromatic N) is 2. The standard InChI is InChI=1S/C25H28N4O6/c1-5-33-20-13-12-18(14-21(20)34-6-2)26-25(32)27-22(30)15-35-24(31)23-16(3)28-29(17(23)4)19-10-8-7-9-11-19/h7-14H,5-6,15H2,1-4H3,(H2,26,27,30,32). The summed E-state index contributed by atoms with van der Waals surface area (Å²) in [6.07, 6.45) is 0. The lowest BCUT2D eigenvalue weighted by Crippen LogP contribution is -2.37. The number of benzene rings is 2. The van der Waals surface area contributed by atoms with E-state index in [0.29, 0.717) is 41.8 Å². The number of nitrogens with one attached hydrogen (secondary N) is 2. The Morgan fingerprint density at radius 3 is 2.31 bits per heavy atom. The van der Waals surface area contributed by atoms with Gasteiger partial charge in [-0.05, 0) is 52.0 Å². The first-order chi connectivity index (χ1) is 16.8. The molecule has 10 nitrogen and oxygen atoms in total. The maximum atomic E-state index is 12.6. The van der Waals surface area contributed by atoms with Gasteiger partial charge in [-0.2, -0.15) is 5.10 Å². The van der Waals surface area contributed by atoms with Gasteiger partial charge >= 0.3 is 12.0 Å². The molecule has 2 N–H and O–H groups in total. The van der Waals surface area contributed by atoms with E-state index >= 15 is 0 Å². The Bertz CT molecular complexity index is 1210. The van der Waals surface area contributed by atoms with E-state index in [2.05, 4.69) is 15.7 Å². The molecule has 0 radical (unpaired) electrons. The Morgan fingerprint density at radius 1 is 0.943 bits per heavy atom. The summed E-state index contributed by atoms with van der Waals surface area (Å²) < 4.78 is 17.8. The van der Waals surface area contributed by atoms with E-state index in [-0.39, 0.29) is 5.56 Å². The third-order valence-corrected chi connectivity index (χ3v) is 4.88. The second-order valence-corrected chi connectivity index (χ2v) is 7.40. The van der Waals surface area contributed by atoms with Gasteiger partial charge in [0.05, 0.1) is 30.3 Å². The molecule has 0 aliphatic rings. The first kappa shape index (κ1) is 25.3. The summed E-state index contributed by atoms with van der Waals surface area (Å²) in [5, 5.41) is 9.06. The number of carbonyl (C=O) groups excluding carboxylic acids is 3. The molecule has 0 fully saturated rings. The van der Waals surface area contributed by atoms with Crippen LogP contribution in [0.2, 0.25) is 0 Å². The van der Waals surface area contributed by atoms with E-state index in [1.807, 2.05) is 44.2 Å². The van der Waals surface area contributed by atoms with E-state index in [1.165, 1.54) is 0 Å². The number of anilines is 1. The lowest BCUT2D eigenvalue weighted by Gasteiger charge is -2.13. The molecule has 0 bridgehead atoms. The van der Waals surface area contributed by atoms with Gasteiger partial charge < -0.3 is 19.5 Å². The van der Waals surface area contributed by atoms with Crippen LogP contribution in [0.4, 0.5) is 10.5 Å². The summed E-state index contributed by atoms with van der Waals surface area (Å²) in [7, 11) is 0. The number of imide groups is 1. The summed E-state index contributed by atoms with van der Waals surface area (Å²) in [6, 6.07) is 13.4. The fraction of sp³-hybridized carbons (Fsp3) is 0.280. The highest BCUT2D eigenvalue weighted by Crippen LogP contribution is 2.30. The molecule has 0 spiro atoms. The smallest absolute Gasteiger partial charge is 0.342 e. The Labute approximate surface area is 203 Å². The molecule has 3 aromatic rings. The minimum Gasteiger partial charge on any atom is -0.490 e. The summed E-state index contributed by atoms with van der Waals surface area (Å²) >= 11 is 0. The minimum absolute atomic E-state index is 0.268. The molecule has 0 saturated heterocycles. The predicted molar refractivity (Wildman–Crippen MR) is 129 cm³/mol. The number of esters is 1. The number of rotatable bonds is 9. The summed E-state index contributed by atoms with van der Waals surface area (Å²) in [5.74, 6) is -0.471. The molecule has 0 unspecified atom stereocenters. The quantitative estimate of drug-likeness (QED) is 0.447. The molecule has 0 aliphatic carbocycles. The van der Waals surface area contributed by atoms with Crippen LogP contribution < -0.4 is 20.1 Å². The number of aryl methyl sites for hydroxylation is 1. The van der Waals surface area contributed by atoms with Crippen LogP contribution in [-0.2, 0) is 9.53 Å². The van der Waals surface area contributed by atoms with Gasteiger partial charge in [0.15, 0.2) is 18.1 Å². The molecule has 0 atom stereocenters. The second-order valence-electron chi connectivity index (χ2n) is 7.40. The third-order valence-electron chi connectivity index (χ3n) is 4.88. The molecule has 0 saturated carbocycles. The van der Waals surface area contributed by atoms with Gasteiger partial charge in [0, 0.05) is 11.8 Å². The Morgan fingerprint density at radius 2 is 1.63 bits per heavy atom. The van der Waals surface area contributed by atoms with Crippen LogP contribution in [-0.4, -0.2) is 47.5 Å². The van der Waals surface area contributed by atoms with Crippen molar-refractivity contribution >= 4 is 23.6 Å². The number of amides is 3. The van der Waals surface area contributed by atoms with E-state index < -0.39 is 24.5 Å². The van der Waals surface area contributed by atoms with Crippen LogP contribution in [0.3, 0.4) is 0 Å². The first-order valence-corrected chi connectivity index (χ1v) is 11.1. The molecule has 1 aromatic heterocycles. The monoisotopic (exact) mass is 480 g/mol. The van der Waals surface area contributed by atoms with Gasteiger partial charge in [-0.3, -0.25) is 10.1 Å². The van der Waals surface area contributed by atoms with Crippen LogP contribution in [0, 0.1) is 13.8 Å². The Balaban J connectivity index is 1.57. The van der Waals surface area contributed by atoms with Gasteiger partial charge in [0.2, 0.25) is 0 Å². The summed E-state index contributed by atoms with van der Waals surface area (Å²) in [4.78, 5) is 37.0. The molecular weight excluding hydrogens is 452 g/mol. The number of urea groups is 1. The van der Waals surface area contributed by atoms with Crippen LogP contribution in [0.25, 0.3) is 5.69 Å². The molecule has 10 heteroatoms. The minimum atomic E-state index is -0.780. The van der Waals surface area contributed by atoms with Crippen LogP contribution in [0.1, 0.15) is 35.6 Å². The van der Waals surface area contributed by atoms with E-state index in [1.54, 1.807) is 36.7 Å². The lowest BCUT2D eigenvalue weighted by molar-refractivity contribution is -0.123. The number of ether oxygens (including phenoxy) is 3. The molecule has 3 amide bonds. The van der Waals surface area contributed by atoms with Gasteiger partial charge in [-0.1, -0.05) is 18.2 Å². The highest BCUT2D eigenvalue weighted by Gasteiger charge is 2.22. The molecule has 3 rings (SSSR count). The van der Waals surface area contributed by atoms with Crippen molar-refractivity contribution in [2.75, 3.05) is 25.1 Å². The largest absolute Gasteiger partial charge is 0.490 e. The van der Waals surface area contributed by atoms with Crippen molar-refractivity contribution in [1.29, 1.82) is 0 Å². The van der Waals surface area contributed by atoms with Crippen molar-refractivity contribution in [2.45, 2.75) is 27.7 Å². The van der Waals surface area contributed by atoms with Crippen LogP contribution >= 0.6 is 0 Å². The molecule has 1 heterocycles. The molecular formula is C25H28N4O6. The van der Waals surface area contributed by atoms with Gasteiger partial charge in [-0.25, -0.2) is 14.3 Å². The lowest BCUT2D eigenvalue weighted by atomic mass is 10.2. The fourth-order valence-corrected chi connectivity index (χ4v) is 3.42. The van der Waals surface area contributed by atoms with Crippen LogP contribution in [0.15, 0.2) is 48.5 Å². The SMILES string of the molecule is CCOc1ccc(NC(=O)NC(=O)COC(=O)c2c(C)nn(-c3ccccc3)c2C)cc1OCC. The van der Waals surface area contributed by atoms with E-state index in [4.69, 9.17) is 14.2 Å². The Kier molecular flexibility index (Phi) is 8.44. The average Bonchev–Trinajstić information content (AvgIpc) is 3.13. The maximum Gasteiger partial charge on any atom is 0.342 e. The molecule has 0 aliphatic heterocycles. The van der Waals surface area contributed by atoms with Crippen molar-refractivity contribution in [3.8, 4) is 17.2 Å². The van der Waals surface area contributed by atoms with Crippen molar-refractivity contribution < 1.29 is 28.6 Å². The van der Waals surface area contributed by atoms with E-state index in [9.17, 15) is 14.4 Å².